The summed E-state index contributed by atoms with van der Waals surface area (Å²) in [7, 11) is 3.40. The van der Waals surface area contributed by atoms with Crippen LogP contribution in [0.25, 0.3) is 10.1 Å². The summed E-state index contributed by atoms with van der Waals surface area (Å²) in [4.78, 5) is 18.4. The molecular weight excluding hydrogens is 336 g/mol. The minimum Gasteiger partial charge on any atom is -0.383 e. The monoisotopic (exact) mass is 362 g/mol. The predicted molar refractivity (Wildman–Crippen MR) is 101 cm³/mol. The van der Waals surface area contributed by atoms with Crippen molar-refractivity contribution in [3.63, 3.8) is 0 Å². The molecule has 1 saturated heterocycles. The minimum absolute atomic E-state index is 0.131. The lowest BCUT2D eigenvalue weighted by Crippen LogP contribution is -2.54. The molecule has 2 aromatic rings. The Balaban J connectivity index is 1.79. The Kier molecular flexibility index (Phi) is 6.06. The molecule has 1 fully saturated rings. The lowest BCUT2D eigenvalue weighted by Gasteiger charge is -2.39. The van der Waals surface area contributed by atoms with Crippen LogP contribution in [0.1, 0.15) is 22.2 Å². The van der Waals surface area contributed by atoms with E-state index in [0.717, 1.165) is 53.3 Å². The largest absolute Gasteiger partial charge is 0.383 e. The van der Waals surface area contributed by atoms with Crippen molar-refractivity contribution in [2.75, 3.05) is 47.0 Å². The maximum atomic E-state index is 13.2. The van der Waals surface area contributed by atoms with Crippen LogP contribution in [0.2, 0.25) is 0 Å². The van der Waals surface area contributed by atoms with Gasteiger partial charge >= 0.3 is 0 Å². The Morgan fingerprint density at radius 2 is 2.04 bits per heavy atom. The first kappa shape index (κ1) is 18.3. The summed E-state index contributed by atoms with van der Waals surface area (Å²) in [5.41, 5.74) is 1.02. The maximum absolute atomic E-state index is 13.2. The zero-order valence-corrected chi connectivity index (χ0v) is 16.0. The molecule has 1 aromatic heterocycles. The molecule has 2 heterocycles. The average molecular weight is 362 g/mol. The number of nitrogens with zero attached hydrogens (tertiary/aromatic N) is 2. The van der Waals surface area contributed by atoms with Gasteiger partial charge in [0.25, 0.3) is 5.91 Å². The van der Waals surface area contributed by atoms with Crippen molar-refractivity contribution in [3.05, 3.63) is 34.7 Å². The Hall–Kier alpha value is -1.47. The van der Waals surface area contributed by atoms with Crippen molar-refractivity contribution in [1.82, 2.24) is 9.80 Å². The average Bonchev–Trinajstić information content (AvgIpc) is 2.99. The maximum Gasteiger partial charge on any atom is 0.264 e. The van der Waals surface area contributed by atoms with Gasteiger partial charge in [0.2, 0.25) is 0 Å². The van der Waals surface area contributed by atoms with Crippen LogP contribution in [0.15, 0.2) is 24.3 Å². The van der Waals surface area contributed by atoms with E-state index in [1.54, 1.807) is 25.6 Å². The van der Waals surface area contributed by atoms with Gasteiger partial charge in [0.05, 0.1) is 18.1 Å². The Labute approximate surface area is 153 Å². The van der Waals surface area contributed by atoms with E-state index in [4.69, 9.17) is 9.47 Å². The normalized spacial score (nSPS) is 18.8. The zero-order chi connectivity index (χ0) is 17.8. The number of hydrogen-bond donors (Lipinski definition) is 0. The van der Waals surface area contributed by atoms with E-state index in [1.807, 2.05) is 17.0 Å². The van der Waals surface area contributed by atoms with E-state index in [0.29, 0.717) is 12.6 Å². The van der Waals surface area contributed by atoms with Gasteiger partial charge in [-0.2, -0.15) is 0 Å². The summed E-state index contributed by atoms with van der Waals surface area (Å²) in [6.45, 7) is 6.69. The van der Waals surface area contributed by atoms with Crippen LogP contribution < -0.4 is 0 Å². The third kappa shape index (κ3) is 3.87. The standard InChI is InChI=1S/C19H26N2O3S/c1-14-12-21(9-8-20(14)10-11-23-2)19(22)18-16(13-24-3)15-6-4-5-7-17(15)25-18/h4-7,14H,8-13H2,1-3H3/t14-/m0/s1. The number of amides is 1. The molecule has 0 bridgehead atoms. The van der Waals surface area contributed by atoms with Crippen molar-refractivity contribution in [2.45, 2.75) is 19.6 Å². The third-order valence-corrected chi connectivity index (χ3v) is 6.02. The SMILES string of the molecule is COCCN1CCN(C(=O)c2sc3ccccc3c2COC)C[C@@H]1C. The zero-order valence-electron chi connectivity index (χ0n) is 15.2. The van der Waals surface area contributed by atoms with E-state index >= 15 is 0 Å². The summed E-state index contributed by atoms with van der Waals surface area (Å²) in [5, 5.41) is 1.13. The summed E-state index contributed by atoms with van der Waals surface area (Å²) in [6.07, 6.45) is 0. The second-order valence-electron chi connectivity index (χ2n) is 6.47. The van der Waals surface area contributed by atoms with E-state index in [1.165, 1.54) is 0 Å². The van der Waals surface area contributed by atoms with E-state index < -0.39 is 0 Å². The fourth-order valence-electron chi connectivity index (χ4n) is 3.42. The highest BCUT2D eigenvalue weighted by molar-refractivity contribution is 7.21. The van der Waals surface area contributed by atoms with E-state index in [9.17, 15) is 4.79 Å². The molecule has 1 atom stereocenters. The van der Waals surface area contributed by atoms with Gasteiger partial charge in [0.15, 0.2) is 0 Å². The number of rotatable bonds is 6. The van der Waals surface area contributed by atoms with Crippen LogP contribution >= 0.6 is 11.3 Å². The summed E-state index contributed by atoms with van der Waals surface area (Å²) >= 11 is 1.58. The first-order valence-electron chi connectivity index (χ1n) is 8.67. The van der Waals surface area contributed by atoms with Gasteiger partial charge in [-0.25, -0.2) is 0 Å². The topological polar surface area (TPSA) is 42.0 Å². The molecule has 0 spiro atoms. The number of methoxy groups -OCH3 is 2. The molecule has 6 heteroatoms. The Morgan fingerprint density at radius 1 is 1.24 bits per heavy atom. The van der Waals surface area contributed by atoms with Crippen molar-refractivity contribution in [3.8, 4) is 0 Å². The van der Waals surface area contributed by atoms with Gasteiger partial charge < -0.3 is 14.4 Å². The van der Waals surface area contributed by atoms with Crippen LogP contribution in [0.5, 0.6) is 0 Å². The van der Waals surface area contributed by atoms with Crippen molar-refractivity contribution < 1.29 is 14.3 Å². The van der Waals surface area contributed by atoms with Gasteiger partial charge in [-0.3, -0.25) is 9.69 Å². The number of thiophene rings is 1. The molecule has 1 aromatic carbocycles. The Bertz CT molecular complexity index is 731. The minimum atomic E-state index is 0.131. The molecule has 0 unspecified atom stereocenters. The van der Waals surface area contributed by atoms with E-state index in [-0.39, 0.29) is 5.91 Å². The fraction of sp³-hybridized carbons (Fsp3) is 0.526. The number of fused-ring (bicyclic) bond motifs is 1. The Morgan fingerprint density at radius 3 is 2.76 bits per heavy atom. The number of carbonyl (C=O) groups is 1. The second-order valence-corrected chi connectivity index (χ2v) is 7.52. The van der Waals surface area contributed by atoms with Gasteiger partial charge in [-0.1, -0.05) is 18.2 Å². The van der Waals surface area contributed by atoms with Crippen molar-refractivity contribution >= 4 is 27.3 Å². The molecule has 0 saturated carbocycles. The number of carbonyl (C=O) groups excluding carboxylic acids is 1. The van der Waals surface area contributed by atoms with Crippen molar-refractivity contribution in [2.24, 2.45) is 0 Å². The molecule has 5 nitrogen and oxygen atoms in total. The quantitative estimate of drug-likeness (QED) is 0.792. The molecule has 1 amide bonds. The van der Waals surface area contributed by atoms with E-state index in [2.05, 4.69) is 24.0 Å². The highest BCUT2D eigenvalue weighted by Gasteiger charge is 2.29. The first-order valence-corrected chi connectivity index (χ1v) is 9.49. The highest BCUT2D eigenvalue weighted by atomic mass is 32.1. The molecule has 0 radical (unpaired) electrons. The molecule has 136 valence electrons. The summed E-state index contributed by atoms with van der Waals surface area (Å²) in [6, 6.07) is 8.51. The van der Waals surface area contributed by atoms with Gasteiger partial charge in [-0.05, 0) is 18.4 Å². The molecule has 3 rings (SSSR count). The molecule has 25 heavy (non-hydrogen) atoms. The second kappa shape index (κ2) is 8.27. The highest BCUT2D eigenvalue weighted by Crippen LogP contribution is 2.33. The summed E-state index contributed by atoms with van der Waals surface area (Å²) < 4.78 is 11.7. The third-order valence-electron chi connectivity index (χ3n) is 4.82. The van der Waals surface area contributed by atoms with Crippen molar-refractivity contribution in [1.29, 1.82) is 0 Å². The molecular formula is C19H26N2O3S. The van der Waals surface area contributed by atoms with Gasteiger partial charge in [0.1, 0.15) is 0 Å². The fourth-order valence-corrected chi connectivity index (χ4v) is 4.60. The molecule has 1 aliphatic heterocycles. The number of benzene rings is 1. The van der Waals surface area contributed by atoms with Crippen LogP contribution in [0.4, 0.5) is 0 Å². The number of hydrogen-bond acceptors (Lipinski definition) is 5. The first-order chi connectivity index (χ1) is 12.2. The summed E-state index contributed by atoms with van der Waals surface area (Å²) in [5.74, 6) is 0.131. The van der Waals surface area contributed by atoms with Crippen LogP contribution in [0, 0.1) is 0 Å². The number of ether oxygens (including phenoxy) is 2. The smallest absolute Gasteiger partial charge is 0.264 e. The van der Waals surface area contributed by atoms with Gasteiger partial charge in [-0.15, -0.1) is 11.3 Å². The molecule has 0 aliphatic carbocycles. The molecule has 1 aliphatic rings. The molecule has 0 N–H and O–H groups in total. The lowest BCUT2D eigenvalue weighted by atomic mass is 10.1. The number of piperazine rings is 1. The van der Waals surface area contributed by atoms with Crippen LogP contribution in [-0.4, -0.2) is 68.8 Å². The van der Waals surface area contributed by atoms with Crippen LogP contribution in [0.3, 0.4) is 0 Å². The lowest BCUT2D eigenvalue weighted by molar-refractivity contribution is 0.0436. The predicted octanol–water partition coefficient (Wildman–Crippen LogP) is 2.84. The van der Waals surface area contributed by atoms with Crippen LogP contribution in [-0.2, 0) is 16.1 Å². The van der Waals surface area contributed by atoms with Gasteiger partial charge in [0, 0.05) is 56.7 Å².